The number of hydrogen-bond donors (Lipinski definition) is 3. The van der Waals surface area contributed by atoms with Crippen molar-refractivity contribution in [3.05, 3.63) is 60.3 Å². The molecule has 2 aromatic carbocycles. The fourth-order valence-electron chi connectivity index (χ4n) is 2.79. The summed E-state index contributed by atoms with van der Waals surface area (Å²) in [4.78, 5) is 8.71. The first-order valence-corrected chi connectivity index (χ1v) is 10.2. The van der Waals surface area contributed by atoms with Gasteiger partial charge >= 0.3 is 0 Å². The summed E-state index contributed by atoms with van der Waals surface area (Å²) in [5.41, 5.74) is 3.36. The van der Waals surface area contributed by atoms with Crippen molar-refractivity contribution < 1.29 is 13.5 Å². The number of fused-ring (bicyclic) bond motifs is 1. The molecule has 10 nitrogen and oxygen atoms in total. The van der Waals surface area contributed by atoms with Crippen molar-refractivity contribution in [3.63, 3.8) is 0 Å². The highest BCUT2D eigenvalue weighted by Crippen LogP contribution is 2.19. The first-order chi connectivity index (χ1) is 13.9. The second-order valence-corrected chi connectivity index (χ2v) is 7.80. The van der Waals surface area contributed by atoms with Crippen LogP contribution in [0.15, 0.2) is 59.6 Å². The number of anilines is 2. The fraction of sp³-hybridized carbons (Fsp3) is 0.111. The van der Waals surface area contributed by atoms with E-state index in [0.29, 0.717) is 29.2 Å². The minimum absolute atomic E-state index is 0.0180. The van der Waals surface area contributed by atoms with Crippen molar-refractivity contribution in [2.45, 2.75) is 11.3 Å². The second-order valence-electron chi connectivity index (χ2n) is 6.24. The van der Waals surface area contributed by atoms with Gasteiger partial charge in [-0.1, -0.05) is 17.3 Å². The zero-order valence-corrected chi connectivity index (χ0v) is 15.9. The number of rotatable bonds is 6. The van der Waals surface area contributed by atoms with E-state index in [1.807, 2.05) is 24.3 Å². The van der Waals surface area contributed by atoms with Crippen LogP contribution in [0, 0.1) is 0 Å². The third kappa shape index (κ3) is 4.06. The van der Waals surface area contributed by atoms with Crippen molar-refractivity contribution in [3.8, 4) is 5.69 Å². The molecule has 29 heavy (non-hydrogen) atoms. The van der Waals surface area contributed by atoms with E-state index < -0.39 is 10.0 Å². The first-order valence-electron chi connectivity index (χ1n) is 8.62. The third-order valence-corrected chi connectivity index (χ3v) is 5.12. The predicted molar refractivity (Wildman–Crippen MR) is 106 cm³/mol. The number of nitrogens with one attached hydrogen (secondary N) is 1. The van der Waals surface area contributed by atoms with Crippen molar-refractivity contribution in [2.24, 2.45) is 5.14 Å². The lowest BCUT2D eigenvalue weighted by atomic mass is 10.1. The van der Waals surface area contributed by atoms with Crippen molar-refractivity contribution in [2.75, 3.05) is 11.9 Å². The lowest BCUT2D eigenvalue weighted by molar-refractivity contribution is 0.299. The topological polar surface area (TPSA) is 149 Å². The highest BCUT2D eigenvalue weighted by Gasteiger charge is 2.12. The van der Waals surface area contributed by atoms with E-state index in [0.717, 1.165) is 11.3 Å². The molecule has 0 atom stereocenters. The highest BCUT2D eigenvalue weighted by atomic mass is 32.2. The maximum atomic E-state index is 11.4. The largest absolute Gasteiger partial charge is 0.396 e. The van der Waals surface area contributed by atoms with Crippen LogP contribution in [-0.2, 0) is 16.4 Å². The van der Waals surface area contributed by atoms with Gasteiger partial charge < -0.3 is 10.4 Å². The molecular formula is C18H17N7O3S. The summed E-state index contributed by atoms with van der Waals surface area (Å²) in [7, 11) is -3.75. The molecule has 2 aromatic heterocycles. The second kappa shape index (κ2) is 7.54. The number of primary sulfonamides is 1. The van der Waals surface area contributed by atoms with Gasteiger partial charge in [0.2, 0.25) is 16.0 Å². The number of benzene rings is 2. The van der Waals surface area contributed by atoms with Crippen LogP contribution in [0.2, 0.25) is 0 Å². The Hall–Kier alpha value is -3.41. The number of aliphatic hydroxyl groups excluding tert-OH is 1. The van der Waals surface area contributed by atoms with Gasteiger partial charge in [-0.15, -0.1) is 5.10 Å². The Morgan fingerprint density at radius 3 is 2.66 bits per heavy atom. The molecule has 11 heteroatoms. The average molecular weight is 411 g/mol. The number of aliphatic hydroxyl groups is 1. The predicted octanol–water partition coefficient (Wildman–Crippen LogP) is 1.14. The number of nitrogens with two attached hydrogens (primary N) is 1. The van der Waals surface area contributed by atoms with Gasteiger partial charge in [0.1, 0.15) is 0 Å². The van der Waals surface area contributed by atoms with Crippen LogP contribution in [0.25, 0.3) is 16.9 Å². The van der Waals surface area contributed by atoms with Gasteiger partial charge in [0.05, 0.1) is 16.8 Å². The summed E-state index contributed by atoms with van der Waals surface area (Å²) in [5, 5.41) is 25.5. The molecule has 4 rings (SSSR count). The number of aromatic nitrogens is 5. The van der Waals surface area contributed by atoms with Crippen LogP contribution < -0.4 is 10.5 Å². The molecule has 0 amide bonds. The Morgan fingerprint density at radius 2 is 1.93 bits per heavy atom. The maximum absolute atomic E-state index is 11.4. The van der Waals surface area contributed by atoms with Crippen LogP contribution in [0.3, 0.4) is 0 Å². The number of sulfonamides is 1. The van der Waals surface area contributed by atoms with Gasteiger partial charge in [-0.05, 0) is 48.4 Å². The van der Waals surface area contributed by atoms with Crippen LogP contribution in [-0.4, -0.2) is 45.1 Å². The summed E-state index contributed by atoms with van der Waals surface area (Å²) in [6, 6.07) is 13.5. The Balaban J connectivity index is 1.66. The van der Waals surface area contributed by atoms with Crippen LogP contribution >= 0.6 is 0 Å². The molecule has 0 unspecified atom stereocenters. The normalized spacial score (nSPS) is 11.7. The Kier molecular flexibility index (Phi) is 4.92. The summed E-state index contributed by atoms with van der Waals surface area (Å²) in [5.74, 6) is 0.302. The summed E-state index contributed by atoms with van der Waals surface area (Å²) < 4.78 is 24.3. The molecule has 0 fully saturated rings. The van der Waals surface area contributed by atoms with Gasteiger partial charge in [0, 0.05) is 12.3 Å². The van der Waals surface area contributed by atoms with E-state index >= 15 is 0 Å². The fourth-order valence-corrected chi connectivity index (χ4v) is 3.31. The SMILES string of the molecule is NS(=O)(=O)c1ccc(Nc2ncc3nnn(-c4cccc(CCO)c4)c3n2)cc1. The van der Waals surface area contributed by atoms with Crippen LogP contribution in [0.5, 0.6) is 0 Å². The van der Waals surface area contributed by atoms with Gasteiger partial charge in [-0.3, -0.25) is 0 Å². The quantitative estimate of drug-likeness (QED) is 0.427. The molecule has 2 heterocycles. The Morgan fingerprint density at radius 1 is 1.14 bits per heavy atom. The standard InChI is InChI=1S/C18H17N7O3S/c19-29(27,28)15-6-4-13(5-7-15)21-18-20-11-16-17(22-18)25(24-23-16)14-3-1-2-12(10-14)8-9-26/h1-7,10-11,26H,8-9H2,(H2,19,27,28)(H,20,21,22). The molecule has 0 aliphatic carbocycles. The highest BCUT2D eigenvalue weighted by molar-refractivity contribution is 7.89. The molecule has 4 aromatic rings. The molecular weight excluding hydrogens is 394 g/mol. The summed E-state index contributed by atoms with van der Waals surface area (Å²) >= 11 is 0. The van der Waals surface area contributed by atoms with E-state index in [-0.39, 0.29) is 11.5 Å². The lowest BCUT2D eigenvalue weighted by Crippen LogP contribution is -2.11. The summed E-state index contributed by atoms with van der Waals surface area (Å²) in [6.45, 7) is 0.0576. The number of nitrogens with zero attached hydrogens (tertiary/aromatic N) is 5. The molecule has 0 radical (unpaired) electrons. The van der Waals surface area contributed by atoms with Gasteiger partial charge in [-0.2, -0.15) is 9.67 Å². The average Bonchev–Trinajstić information content (AvgIpc) is 3.11. The third-order valence-electron chi connectivity index (χ3n) is 4.19. The van der Waals surface area contributed by atoms with Crippen molar-refractivity contribution in [1.29, 1.82) is 0 Å². The smallest absolute Gasteiger partial charge is 0.238 e. The van der Waals surface area contributed by atoms with Crippen molar-refractivity contribution >= 4 is 32.8 Å². The van der Waals surface area contributed by atoms with E-state index in [1.54, 1.807) is 23.0 Å². The molecule has 0 aliphatic rings. The van der Waals surface area contributed by atoms with Crippen LogP contribution in [0.1, 0.15) is 5.56 Å². The monoisotopic (exact) mass is 411 g/mol. The minimum Gasteiger partial charge on any atom is -0.396 e. The zero-order chi connectivity index (χ0) is 20.4. The van der Waals surface area contributed by atoms with E-state index in [1.165, 1.54) is 12.1 Å². The van der Waals surface area contributed by atoms with Crippen LogP contribution in [0.4, 0.5) is 11.6 Å². The molecule has 0 aliphatic heterocycles. The Labute approximate surface area is 166 Å². The Bertz CT molecular complexity index is 1270. The zero-order valence-electron chi connectivity index (χ0n) is 15.1. The molecule has 0 saturated carbocycles. The van der Waals surface area contributed by atoms with Gasteiger partial charge in [-0.25, -0.2) is 18.5 Å². The molecule has 148 valence electrons. The number of hydrogen-bond acceptors (Lipinski definition) is 8. The molecule has 0 saturated heterocycles. The van der Waals surface area contributed by atoms with Gasteiger partial charge in [0.15, 0.2) is 11.2 Å². The lowest BCUT2D eigenvalue weighted by Gasteiger charge is -2.07. The summed E-state index contributed by atoms with van der Waals surface area (Å²) in [6.07, 6.45) is 2.08. The minimum atomic E-state index is -3.75. The first kappa shape index (κ1) is 18.9. The van der Waals surface area contributed by atoms with E-state index in [2.05, 4.69) is 25.6 Å². The molecule has 0 spiro atoms. The van der Waals surface area contributed by atoms with Crippen molar-refractivity contribution in [1.82, 2.24) is 25.0 Å². The van der Waals surface area contributed by atoms with E-state index in [9.17, 15) is 8.42 Å². The molecule has 4 N–H and O–H groups in total. The van der Waals surface area contributed by atoms with Gasteiger partial charge in [0.25, 0.3) is 0 Å². The van der Waals surface area contributed by atoms with E-state index in [4.69, 9.17) is 10.2 Å². The maximum Gasteiger partial charge on any atom is 0.238 e. The molecule has 0 bridgehead atoms.